The van der Waals surface area contributed by atoms with E-state index < -0.39 is 5.91 Å². The summed E-state index contributed by atoms with van der Waals surface area (Å²) in [6.45, 7) is 9.47. The Kier molecular flexibility index (Phi) is 24.9. The van der Waals surface area contributed by atoms with Gasteiger partial charge in [-0.1, -0.05) is 48.5 Å². The van der Waals surface area contributed by atoms with E-state index in [4.69, 9.17) is 29.8 Å². The first-order chi connectivity index (χ1) is 38.1. The highest BCUT2D eigenvalue weighted by molar-refractivity contribution is 7.98. The molecular weight excluding hydrogens is 1010 g/mol. The number of benzene rings is 4. The van der Waals surface area contributed by atoms with E-state index in [1.54, 1.807) is 59.2 Å². The van der Waals surface area contributed by atoms with Crippen molar-refractivity contribution in [2.24, 2.45) is 5.73 Å². The summed E-state index contributed by atoms with van der Waals surface area (Å²) in [6, 6.07) is 33.5. The lowest BCUT2D eigenvalue weighted by Crippen LogP contribution is -2.49. The maximum atomic E-state index is 13.7. The van der Waals surface area contributed by atoms with Crippen molar-refractivity contribution in [3.05, 3.63) is 143 Å². The van der Waals surface area contributed by atoms with Crippen LogP contribution in [0.4, 0.5) is 11.4 Å². The summed E-state index contributed by atoms with van der Waals surface area (Å²) in [5, 5.41) is 11.9. The number of hydrogen-bond acceptors (Lipinski definition) is 13. The van der Waals surface area contributed by atoms with Gasteiger partial charge in [0.25, 0.3) is 5.91 Å². The molecule has 2 aliphatic heterocycles. The van der Waals surface area contributed by atoms with Gasteiger partial charge in [0.1, 0.15) is 0 Å². The molecule has 2 saturated heterocycles. The van der Waals surface area contributed by atoms with Crippen molar-refractivity contribution < 1.29 is 43.2 Å². The number of rotatable bonds is 27. The van der Waals surface area contributed by atoms with Gasteiger partial charge < -0.3 is 49.8 Å². The molecule has 0 saturated carbocycles. The van der Waals surface area contributed by atoms with Crippen LogP contribution in [-0.4, -0.2) is 167 Å². The number of nitrogens with two attached hydrogens (primary N) is 1. The van der Waals surface area contributed by atoms with E-state index in [9.17, 15) is 19.2 Å². The largest absolute Gasteiger partial charge is 0.394 e. The summed E-state index contributed by atoms with van der Waals surface area (Å²) < 4.78 is 22.2. The molecule has 78 heavy (non-hydrogen) atoms. The average Bonchev–Trinajstić information content (AvgIpc) is 3.48. The summed E-state index contributed by atoms with van der Waals surface area (Å²) in [5.41, 5.74) is 14.4. The van der Waals surface area contributed by atoms with Crippen molar-refractivity contribution in [2.45, 2.75) is 68.4 Å². The molecule has 8 rings (SSSR count). The Labute approximate surface area is 464 Å². The number of piperazine rings is 1. The van der Waals surface area contributed by atoms with E-state index in [0.29, 0.717) is 113 Å². The number of fused-ring (bicyclic) bond motifs is 1. The number of primary amides is 1. The number of aliphatic hydroxyl groups excluding tert-OH is 1. The summed E-state index contributed by atoms with van der Waals surface area (Å²) in [7, 11) is 1.77. The Bertz CT molecular complexity index is 2650. The number of likely N-dealkylation sites (N-methyl/N-ethyl adjacent to an activating group) is 1. The summed E-state index contributed by atoms with van der Waals surface area (Å²) in [5.74, 6) is -0.100. The maximum absolute atomic E-state index is 13.7. The highest BCUT2D eigenvalue weighted by Gasteiger charge is 2.22. The number of nitrogens with zero attached hydrogens (tertiary/aromatic N) is 5. The van der Waals surface area contributed by atoms with Gasteiger partial charge in [-0.2, -0.15) is 0 Å². The first kappa shape index (κ1) is 59.5. The molecule has 0 bridgehead atoms. The summed E-state index contributed by atoms with van der Waals surface area (Å²) in [6.07, 6.45) is 11.0. The Morgan fingerprint density at radius 3 is 2.10 bits per heavy atom. The number of nitrogens with one attached hydrogen (secondary N) is 1. The quantitative estimate of drug-likeness (QED) is 0.0346. The Balaban J connectivity index is 0.000000783. The van der Waals surface area contributed by atoms with Crippen molar-refractivity contribution in [3.8, 4) is 11.3 Å². The molecule has 4 amide bonds. The lowest BCUT2D eigenvalue weighted by atomic mass is 9.92. The zero-order chi connectivity index (χ0) is 54.7. The first-order valence-electron chi connectivity index (χ1n) is 27.6. The van der Waals surface area contributed by atoms with Gasteiger partial charge in [-0.15, -0.1) is 11.8 Å². The number of thioether (sulfide) groups is 1. The second-order valence-corrected chi connectivity index (χ2v) is 20.8. The minimum atomic E-state index is -0.547. The van der Waals surface area contributed by atoms with E-state index in [-0.39, 0.29) is 30.7 Å². The molecule has 4 aromatic carbocycles. The van der Waals surface area contributed by atoms with Crippen LogP contribution in [0.15, 0.2) is 114 Å². The normalized spacial score (nSPS) is 14.5. The zero-order valence-corrected chi connectivity index (χ0v) is 46.2. The standard InChI is InChI=1S/C51H67N7O9S.C10H12/c1-55(22-26-66-30-32-67-31-29-64-25-14-48(60)58-20-18-56(19-21-58)23-27-65-28-24-59)49(61)35-39-7-6-10-44(34-39)68-38-40-8-5-9-42(33-40)51(63)54-46-12-11-43(57-16-3-2-4-17-57)37-45(46)47-36-41(50(52)62)13-15-53-47;1-2-6-10-8-4-3-7-9(10)5-1/h5-13,15,33-34,36-37,59H,2-4,14,16-32,35,38H2,1H3,(H2,52,62)(H,54,63);1-2,5-6H,3-4,7-8H2. The van der Waals surface area contributed by atoms with E-state index in [0.717, 1.165) is 67.3 Å². The van der Waals surface area contributed by atoms with Crippen LogP contribution in [0, 0.1) is 0 Å². The van der Waals surface area contributed by atoms with Crippen LogP contribution in [-0.2, 0) is 53.6 Å². The number of aromatic nitrogens is 1. The first-order valence-corrected chi connectivity index (χ1v) is 28.6. The van der Waals surface area contributed by atoms with Gasteiger partial charge in [-0.3, -0.25) is 29.1 Å². The van der Waals surface area contributed by atoms with Gasteiger partial charge in [0.15, 0.2) is 0 Å². The highest BCUT2D eigenvalue weighted by Crippen LogP contribution is 2.34. The molecule has 5 aromatic rings. The van der Waals surface area contributed by atoms with Crippen molar-refractivity contribution in [2.75, 3.05) is 129 Å². The van der Waals surface area contributed by atoms with Crippen molar-refractivity contribution in [1.29, 1.82) is 0 Å². The second kappa shape index (κ2) is 32.7. The fourth-order valence-corrected chi connectivity index (χ4v) is 10.5. The SMILES string of the molecule is CN(CCOCCOCCOCCC(=O)N1CCN(CCOCCO)CC1)C(=O)Cc1cccc(SCc2cccc(C(=O)Nc3ccc(N4CCCCC4)cc3-c3cc(C(N)=O)ccn3)c2)c1.c1ccc2c(c1)CCCC2. The van der Waals surface area contributed by atoms with Gasteiger partial charge >= 0.3 is 0 Å². The molecule has 0 unspecified atom stereocenters. The monoisotopic (exact) mass is 1090 g/mol. The molecule has 3 aliphatic rings. The fourth-order valence-electron chi connectivity index (χ4n) is 9.59. The van der Waals surface area contributed by atoms with Gasteiger partial charge in [-0.05, 0) is 122 Å². The lowest BCUT2D eigenvalue weighted by molar-refractivity contribution is -0.134. The van der Waals surface area contributed by atoms with Crippen molar-refractivity contribution in [1.82, 2.24) is 19.7 Å². The molecule has 0 atom stereocenters. The fraction of sp³-hybridized carbons (Fsp3) is 0.459. The molecule has 1 aliphatic carbocycles. The minimum Gasteiger partial charge on any atom is -0.394 e. The van der Waals surface area contributed by atoms with Crippen LogP contribution in [0.2, 0.25) is 0 Å². The van der Waals surface area contributed by atoms with E-state index in [1.165, 1.54) is 32.1 Å². The van der Waals surface area contributed by atoms with Crippen LogP contribution >= 0.6 is 11.8 Å². The number of carbonyl (C=O) groups is 4. The molecule has 2 fully saturated rings. The summed E-state index contributed by atoms with van der Waals surface area (Å²) in [4.78, 5) is 65.1. The Hall–Kier alpha value is -6.18. The maximum Gasteiger partial charge on any atom is 0.255 e. The molecular formula is C61H79N7O9S. The van der Waals surface area contributed by atoms with Crippen LogP contribution in [0.25, 0.3) is 11.3 Å². The molecule has 1 aromatic heterocycles. The topological polar surface area (TPSA) is 189 Å². The Morgan fingerprint density at radius 1 is 0.679 bits per heavy atom. The lowest BCUT2D eigenvalue weighted by Gasteiger charge is -2.34. The predicted octanol–water partition coefficient (Wildman–Crippen LogP) is 7.54. The molecule has 16 nitrogen and oxygen atoms in total. The second-order valence-electron chi connectivity index (χ2n) is 19.8. The Morgan fingerprint density at radius 2 is 1.37 bits per heavy atom. The molecule has 17 heteroatoms. The number of ether oxygens (including phenoxy) is 4. The van der Waals surface area contributed by atoms with E-state index >= 15 is 0 Å². The van der Waals surface area contributed by atoms with Crippen LogP contribution in [0.3, 0.4) is 0 Å². The van der Waals surface area contributed by atoms with Crippen LogP contribution in [0.5, 0.6) is 0 Å². The van der Waals surface area contributed by atoms with Gasteiger partial charge in [0.05, 0.1) is 83.7 Å². The van der Waals surface area contributed by atoms with Gasteiger partial charge in [0, 0.05) is 98.6 Å². The van der Waals surface area contributed by atoms with Crippen LogP contribution in [0.1, 0.15) is 81.5 Å². The molecule has 0 spiro atoms. The number of piperidine rings is 1. The third kappa shape index (κ3) is 19.6. The number of pyridine rings is 1. The summed E-state index contributed by atoms with van der Waals surface area (Å²) >= 11 is 1.63. The molecule has 3 heterocycles. The number of amides is 4. The molecule has 0 radical (unpaired) electrons. The minimum absolute atomic E-state index is 0.00958. The third-order valence-electron chi connectivity index (χ3n) is 14.1. The number of carbonyl (C=O) groups excluding carboxylic acids is 4. The number of anilines is 2. The average molecular weight is 1090 g/mol. The predicted molar refractivity (Wildman–Crippen MR) is 307 cm³/mol. The number of hydrogen-bond donors (Lipinski definition) is 3. The third-order valence-corrected chi connectivity index (χ3v) is 15.2. The van der Waals surface area contributed by atoms with Gasteiger partial charge in [0.2, 0.25) is 17.7 Å². The van der Waals surface area contributed by atoms with E-state index in [2.05, 4.69) is 44.4 Å². The van der Waals surface area contributed by atoms with Gasteiger partial charge in [-0.25, -0.2) is 0 Å². The highest BCUT2D eigenvalue weighted by atomic mass is 32.2. The van der Waals surface area contributed by atoms with Crippen molar-refractivity contribution in [3.63, 3.8) is 0 Å². The van der Waals surface area contributed by atoms with E-state index in [1.807, 2.05) is 65.6 Å². The zero-order valence-electron chi connectivity index (χ0n) is 45.4. The number of aryl methyl sites for hydroxylation is 2. The molecule has 4 N–H and O–H groups in total. The van der Waals surface area contributed by atoms with Crippen molar-refractivity contribution >= 4 is 46.8 Å². The number of aliphatic hydroxyl groups is 1. The smallest absolute Gasteiger partial charge is 0.255 e. The van der Waals surface area contributed by atoms with Crippen LogP contribution < -0.4 is 16.0 Å². The molecule has 418 valence electrons.